The lowest BCUT2D eigenvalue weighted by Crippen LogP contribution is -2.33. The van der Waals surface area contributed by atoms with Crippen LogP contribution in [0.5, 0.6) is 0 Å². The van der Waals surface area contributed by atoms with E-state index in [1.165, 1.54) is 0 Å². The van der Waals surface area contributed by atoms with E-state index in [0.717, 1.165) is 35.1 Å². The summed E-state index contributed by atoms with van der Waals surface area (Å²) in [6.45, 7) is 3.79. The molecule has 0 aliphatic carbocycles. The Hall–Kier alpha value is -2.03. The topological polar surface area (TPSA) is 42.2 Å². The molecule has 2 heterocycles. The van der Waals surface area contributed by atoms with Crippen LogP contribution in [-0.2, 0) is 4.79 Å². The van der Waals surface area contributed by atoms with Crippen molar-refractivity contribution in [1.29, 1.82) is 0 Å². The van der Waals surface area contributed by atoms with E-state index in [1.807, 2.05) is 24.3 Å². The predicted octanol–water partition coefficient (Wildman–Crippen LogP) is 2.94. The van der Waals surface area contributed by atoms with Gasteiger partial charge in [0.25, 0.3) is 0 Å². The van der Waals surface area contributed by atoms with Gasteiger partial charge >= 0.3 is 0 Å². The van der Waals surface area contributed by atoms with Crippen molar-refractivity contribution in [1.82, 2.24) is 5.32 Å². The van der Waals surface area contributed by atoms with Crippen LogP contribution in [0.4, 0.5) is 0 Å². The van der Waals surface area contributed by atoms with Crippen molar-refractivity contribution in [3.8, 4) is 0 Å². The van der Waals surface area contributed by atoms with Crippen LogP contribution < -0.4 is 5.32 Å². The van der Waals surface area contributed by atoms with Crippen LogP contribution in [0.25, 0.3) is 11.0 Å². The summed E-state index contributed by atoms with van der Waals surface area (Å²) < 4.78 is 5.29. The summed E-state index contributed by atoms with van der Waals surface area (Å²) in [4.78, 5) is 11.9. The number of rotatable bonds is 1. The van der Waals surface area contributed by atoms with E-state index in [0.29, 0.717) is 0 Å². The average Bonchev–Trinajstić information content (AvgIpc) is 2.75. The number of furan rings is 1. The van der Waals surface area contributed by atoms with Crippen LogP contribution >= 0.6 is 0 Å². The van der Waals surface area contributed by atoms with E-state index in [2.05, 4.69) is 11.9 Å². The fraction of sp³-hybridized carbons (Fsp3) is 0.214. The molecule has 86 valence electrons. The lowest BCUT2D eigenvalue weighted by molar-refractivity contribution is -0.122. The molecule has 1 amide bonds. The highest BCUT2D eigenvalue weighted by Gasteiger charge is 2.25. The van der Waals surface area contributed by atoms with Crippen LogP contribution in [0.2, 0.25) is 0 Å². The van der Waals surface area contributed by atoms with E-state index in [9.17, 15) is 4.79 Å². The molecule has 1 aliphatic rings. The number of hydrogen-bond donors (Lipinski definition) is 1. The molecule has 1 aromatic heterocycles. The van der Waals surface area contributed by atoms with E-state index in [4.69, 9.17) is 4.42 Å². The zero-order chi connectivity index (χ0) is 11.8. The molecule has 1 aliphatic heterocycles. The van der Waals surface area contributed by atoms with Crippen molar-refractivity contribution in [2.24, 2.45) is 0 Å². The molecule has 1 unspecified atom stereocenters. The fourth-order valence-electron chi connectivity index (χ4n) is 2.29. The van der Waals surface area contributed by atoms with Gasteiger partial charge in [0.15, 0.2) is 0 Å². The Morgan fingerprint density at radius 1 is 1.35 bits per heavy atom. The normalized spacial score (nSPS) is 20.6. The number of amides is 1. The van der Waals surface area contributed by atoms with Gasteiger partial charge < -0.3 is 9.73 Å². The third-order valence-electron chi connectivity index (χ3n) is 3.23. The Bertz CT molecular complexity index is 597. The number of hydrogen-bond acceptors (Lipinski definition) is 2. The highest BCUT2D eigenvalue weighted by molar-refractivity contribution is 5.88. The molecule has 1 fully saturated rings. The molecule has 3 heteroatoms. The SMILES string of the molecule is C=C1CCC(c2ccc3occc3c2)C(=O)N1. The Morgan fingerprint density at radius 3 is 3.06 bits per heavy atom. The largest absolute Gasteiger partial charge is 0.464 e. The van der Waals surface area contributed by atoms with Gasteiger partial charge in [0.05, 0.1) is 12.2 Å². The van der Waals surface area contributed by atoms with Crippen LogP contribution in [-0.4, -0.2) is 5.91 Å². The Balaban J connectivity index is 1.97. The van der Waals surface area contributed by atoms with Gasteiger partial charge in [-0.15, -0.1) is 0 Å². The monoisotopic (exact) mass is 227 g/mol. The smallest absolute Gasteiger partial charge is 0.231 e. The lowest BCUT2D eigenvalue weighted by Gasteiger charge is -2.23. The molecule has 0 radical (unpaired) electrons. The minimum atomic E-state index is -0.0696. The third-order valence-corrected chi connectivity index (χ3v) is 3.23. The first kappa shape index (κ1) is 10.1. The molecule has 2 aromatic rings. The molecule has 0 saturated carbocycles. The second-order valence-electron chi connectivity index (χ2n) is 4.40. The number of allylic oxidation sites excluding steroid dienone is 1. The summed E-state index contributed by atoms with van der Waals surface area (Å²) in [5.74, 6) is -0.0242. The van der Waals surface area contributed by atoms with Gasteiger partial charge in [0.2, 0.25) is 5.91 Å². The zero-order valence-corrected chi connectivity index (χ0v) is 9.40. The first-order valence-electron chi connectivity index (χ1n) is 5.70. The second-order valence-corrected chi connectivity index (χ2v) is 4.40. The molecular weight excluding hydrogens is 214 g/mol. The highest BCUT2D eigenvalue weighted by atomic mass is 16.3. The number of benzene rings is 1. The maximum Gasteiger partial charge on any atom is 0.231 e. The van der Waals surface area contributed by atoms with Gasteiger partial charge in [0, 0.05) is 11.1 Å². The van der Waals surface area contributed by atoms with E-state index < -0.39 is 0 Å². The third kappa shape index (κ3) is 1.73. The Kier molecular flexibility index (Phi) is 2.25. The van der Waals surface area contributed by atoms with Crippen molar-refractivity contribution in [3.05, 3.63) is 48.4 Å². The number of carbonyl (C=O) groups is 1. The molecular formula is C14H13NO2. The number of carbonyl (C=O) groups excluding carboxylic acids is 1. The maximum absolute atomic E-state index is 11.9. The van der Waals surface area contributed by atoms with Crippen molar-refractivity contribution < 1.29 is 9.21 Å². The first-order chi connectivity index (χ1) is 8.24. The fourth-order valence-corrected chi connectivity index (χ4v) is 2.29. The highest BCUT2D eigenvalue weighted by Crippen LogP contribution is 2.29. The minimum Gasteiger partial charge on any atom is -0.464 e. The van der Waals surface area contributed by atoms with Gasteiger partial charge in [-0.25, -0.2) is 0 Å². The zero-order valence-electron chi connectivity index (χ0n) is 9.40. The summed E-state index contributed by atoms with van der Waals surface area (Å²) in [7, 11) is 0. The second kappa shape index (κ2) is 3.77. The standard InChI is InChI=1S/C14H13NO2/c1-9-2-4-12(14(16)15-9)10-3-5-13-11(8-10)6-7-17-13/h3,5-8,12H,1-2,4H2,(H,15,16). The van der Waals surface area contributed by atoms with Gasteiger partial charge in [0.1, 0.15) is 5.58 Å². The molecule has 1 N–H and O–H groups in total. The van der Waals surface area contributed by atoms with Crippen LogP contribution in [0, 0.1) is 0 Å². The number of piperidine rings is 1. The summed E-state index contributed by atoms with van der Waals surface area (Å²) >= 11 is 0. The maximum atomic E-state index is 11.9. The predicted molar refractivity (Wildman–Crippen MR) is 65.5 cm³/mol. The minimum absolute atomic E-state index is 0.0455. The molecule has 1 atom stereocenters. The molecule has 3 nitrogen and oxygen atoms in total. The molecule has 17 heavy (non-hydrogen) atoms. The van der Waals surface area contributed by atoms with E-state index in [-0.39, 0.29) is 11.8 Å². The Labute approximate surface area is 99.1 Å². The van der Waals surface area contributed by atoms with Gasteiger partial charge in [-0.2, -0.15) is 0 Å². The molecule has 0 bridgehead atoms. The first-order valence-corrected chi connectivity index (χ1v) is 5.70. The van der Waals surface area contributed by atoms with Crippen LogP contribution in [0.15, 0.2) is 47.2 Å². The van der Waals surface area contributed by atoms with Crippen molar-refractivity contribution in [3.63, 3.8) is 0 Å². The van der Waals surface area contributed by atoms with Crippen LogP contribution in [0.1, 0.15) is 24.3 Å². The summed E-state index contributed by atoms with van der Waals surface area (Å²) in [6, 6.07) is 7.82. The van der Waals surface area contributed by atoms with Crippen molar-refractivity contribution >= 4 is 16.9 Å². The van der Waals surface area contributed by atoms with Crippen molar-refractivity contribution in [2.75, 3.05) is 0 Å². The molecule has 3 rings (SSSR count). The average molecular weight is 227 g/mol. The quantitative estimate of drug-likeness (QED) is 0.813. The van der Waals surface area contributed by atoms with Gasteiger partial charge in [-0.1, -0.05) is 12.6 Å². The molecule has 1 saturated heterocycles. The summed E-state index contributed by atoms with van der Waals surface area (Å²) in [5.41, 5.74) is 2.72. The molecule has 1 aromatic carbocycles. The summed E-state index contributed by atoms with van der Waals surface area (Å²) in [6.07, 6.45) is 3.34. The van der Waals surface area contributed by atoms with Crippen LogP contribution in [0.3, 0.4) is 0 Å². The Morgan fingerprint density at radius 2 is 2.24 bits per heavy atom. The van der Waals surface area contributed by atoms with E-state index in [1.54, 1.807) is 6.26 Å². The van der Waals surface area contributed by atoms with Crippen molar-refractivity contribution in [2.45, 2.75) is 18.8 Å². The lowest BCUT2D eigenvalue weighted by atomic mass is 9.89. The summed E-state index contributed by atoms with van der Waals surface area (Å²) in [5, 5.41) is 3.85. The van der Waals surface area contributed by atoms with Gasteiger partial charge in [-0.3, -0.25) is 4.79 Å². The van der Waals surface area contributed by atoms with Gasteiger partial charge in [-0.05, 0) is 36.6 Å². The number of fused-ring (bicyclic) bond motifs is 1. The number of nitrogens with one attached hydrogen (secondary N) is 1. The molecule has 0 spiro atoms. The van der Waals surface area contributed by atoms with E-state index >= 15 is 0 Å².